The number of H-pyrrole nitrogens is 1. The number of Topliss-reactive ketones (excluding diaryl/α,β-unsaturated/α-hetero) is 2. The van der Waals surface area contributed by atoms with Gasteiger partial charge in [0.1, 0.15) is 5.82 Å². The second-order valence-electron chi connectivity index (χ2n) is 8.35. The number of thiophene rings is 1. The Morgan fingerprint density at radius 1 is 1.12 bits per heavy atom. The van der Waals surface area contributed by atoms with E-state index in [4.69, 9.17) is 0 Å². The molecular formula is C26H28N4O2S2. The van der Waals surface area contributed by atoms with E-state index >= 15 is 0 Å². The van der Waals surface area contributed by atoms with Crippen LogP contribution in [0.2, 0.25) is 0 Å². The van der Waals surface area contributed by atoms with E-state index in [1.54, 1.807) is 11.3 Å². The standard InChI is InChI=1S/C26H28N4O2S2/c1-16-23(18(3)31)17(2)27-24(16)25(32)19(4)34-26-29-28-22(15-21-11-8-14-33-21)30(26)13-12-20-9-6-5-7-10-20/h5-11,14,19,27H,12-13,15H2,1-4H3/t19-/m0/s1. The van der Waals surface area contributed by atoms with Crippen molar-refractivity contribution >= 4 is 34.7 Å². The van der Waals surface area contributed by atoms with Crippen molar-refractivity contribution in [2.24, 2.45) is 0 Å². The molecule has 3 aromatic heterocycles. The summed E-state index contributed by atoms with van der Waals surface area (Å²) in [5.74, 6) is 0.811. The van der Waals surface area contributed by atoms with Crippen LogP contribution in [0.5, 0.6) is 0 Å². The third-order valence-corrected chi connectivity index (χ3v) is 7.82. The lowest BCUT2D eigenvalue weighted by molar-refractivity contribution is 0.0988. The van der Waals surface area contributed by atoms with Crippen LogP contribution in [-0.2, 0) is 19.4 Å². The van der Waals surface area contributed by atoms with E-state index in [1.165, 1.54) is 29.1 Å². The number of rotatable bonds is 10. The Balaban J connectivity index is 1.57. The highest BCUT2D eigenvalue weighted by Crippen LogP contribution is 2.28. The van der Waals surface area contributed by atoms with Gasteiger partial charge in [-0.3, -0.25) is 9.59 Å². The van der Waals surface area contributed by atoms with E-state index in [2.05, 4.69) is 43.3 Å². The number of hydrogen-bond acceptors (Lipinski definition) is 6. The molecule has 1 N–H and O–H groups in total. The smallest absolute Gasteiger partial charge is 0.192 e. The molecule has 8 heteroatoms. The van der Waals surface area contributed by atoms with Crippen molar-refractivity contribution in [2.45, 2.75) is 57.5 Å². The number of thioether (sulfide) groups is 1. The molecule has 4 aromatic rings. The Kier molecular flexibility index (Phi) is 7.48. The van der Waals surface area contributed by atoms with E-state index in [-0.39, 0.29) is 16.8 Å². The molecule has 0 spiro atoms. The maximum absolute atomic E-state index is 13.3. The van der Waals surface area contributed by atoms with E-state index in [9.17, 15) is 9.59 Å². The van der Waals surface area contributed by atoms with Gasteiger partial charge < -0.3 is 9.55 Å². The van der Waals surface area contributed by atoms with Crippen LogP contribution >= 0.6 is 23.1 Å². The third-order valence-electron chi connectivity index (χ3n) is 5.86. The molecule has 0 unspecified atom stereocenters. The zero-order chi connectivity index (χ0) is 24.2. The third kappa shape index (κ3) is 5.23. The summed E-state index contributed by atoms with van der Waals surface area (Å²) in [6, 6.07) is 14.5. The Hall–Kier alpha value is -2.97. The normalized spacial score (nSPS) is 12.1. The SMILES string of the molecule is CC(=O)c1c(C)[nH]c(C(=O)[C@H](C)Sc2nnc(Cc3cccs3)n2CCc2ccccc2)c1C. The number of aryl methyl sites for hydroxylation is 2. The molecule has 3 heterocycles. The van der Waals surface area contributed by atoms with Crippen molar-refractivity contribution in [3.8, 4) is 0 Å². The van der Waals surface area contributed by atoms with Crippen molar-refractivity contribution in [1.82, 2.24) is 19.7 Å². The molecule has 1 atom stereocenters. The summed E-state index contributed by atoms with van der Waals surface area (Å²) in [6.45, 7) is 7.79. The van der Waals surface area contributed by atoms with Crippen LogP contribution in [0.25, 0.3) is 0 Å². The highest BCUT2D eigenvalue weighted by atomic mass is 32.2. The number of aromatic nitrogens is 4. The lowest BCUT2D eigenvalue weighted by atomic mass is 10.0. The molecule has 0 saturated carbocycles. The van der Waals surface area contributed by atoms with Crippen LogP contribution in [0, 0.1) is 13.8 Å². The number of nitrogens with zero attached hydrogens (tertiary/aromatic N) is 3. The second-order valence-corrected chi connectivity index (χ2v) is 10.7. The van der Waals surface area contributed by atoms with Gasteiger partial charge in [-0.05, 0) is 56.7 Å². The van der Waals surface area contributed by atoms with E-state index in [0.717, 1.165) is 29.6 Å². The average Bonchev–Trinajstić information content (AvgIpc) is 3.53. The summed E-state index contributed by atoms with van der Waals surface area (Å²) in [7, 11) is 0. The molecule has 0 radical (unpaired) electrons. The predicted octanol–water partition coefficient (Wildman–Crippen LogP) is 5.68. The molecule has 0 fully saturated rings. The molecule has 0 bridgehead atoms. The molecule has 0 amide bonds. The van der Waals surface area contributed by atoms with Gasteiger partial charge in [-0.15, -0.1) is 21.5 Å². The fraction of sp³-hybridized carbons (Fsp3) is 0.308. The van der Waals surface area contributed by atoms with Gasteiger partial charge in [0.25, 0.3) is 0 Å². The molecule has 1 aromatic carbocycles. The van der Waals surface area contributed by atoms with Crippen molar-refractivity contribution in [1.29, 1.82) is 0 Å². The van der Waals surface area contributed by atoms with E-state index < -0.39 is 0 Å². The Morgan fingerprint density at radius 2 is 1.88 bits per heavy atom. The van der Waals surface area contributed by atoms with Gasteiger partial charge in [-0.25, -0.2) is 0 Å². The van der Waals surface area contributed by atoms with Gasteiger partial charge in [-0.1, -0.05) is 48.2 Å². The predicted molar refractivity (Wildman–Crippen MR) is 137 cm³/mol. The van der Waals surface area contributed by atoms with Crippen molar-refractivity contribution in [3.63, 3.8) is 0 Å². The minimum absolute atomic E-state index is 0.0375. The molecule has 0 aliphatic rings. The molecular weight excluding hydrogens is 464 g/mol. The van der Waals surface area contributed by atoms with Crippen molar-refractivity contribution in [2.75, 3.05) is 0 Å². The first kappa shape index (κ1) is 24.2. The van der Waals surface area contributed by atoms with Crippen LogP contribution in [0.15, 0.2) is 53.0 Å². The molecule has 6 nitrogen and oxygen atoms in total. The number of carbonyl (C=O) groups excluding carboxylic acids is 2. The van der Waals surface area contributed by atoms with E-state index in [0.29, 0.717) is 23.2 Å². The largest absolute Gasteiger partial charge is 0.355 e. The number of ketones is 2. The maximum atomic E-state index is 13.3. The topological polar surface area (TPSA) is 80.6 Å². The van der Waals surface area contributed by atoms with Crippen molar-refractivity contribution in [3.05, 3.63) is 86.6 Å². The van der Waals surface area contributed by atoms with Gasteiger partial charge in [-0.2, -0.15) is 0 Å². The zero-order valence-corrected chi connectivity index (χ0v) is 21.4. The van der Waals surface area contributed by atoms with Crippen molar-refractivity contribution < 1.29 is 9.59 Å². The summed E-state index contributed by atoms with van der Waals surface area (Å²) in [5, 5.41) is 11.4. The Morgan fingerprint density at radius 3 is 2.53 bits per heavy atom. The summed E-state index contributed by atoms with van der Waals surface area (Å²) >= 11 is 3.11. The number of aromatic amines is 1. The molecule has 4 rings (SSSR count). The minimum Gasteiger partial charge on any atom is -0.355 e. The maximum Gasteiger partial charge on any atom is 0.192 e. The Bertz CT molecular complexity index is 1290. The molecule has 176 valence electrons. The molecule has 0 aliphatic heterocycles. The van der Waals surface area contributed by atoms with Crippen LogP contribution in [-0.4, -0.2) is 36.6 Å². The van der Waals surface area contributed by atoms with Crippen LogP contribution in [0.4, 0.5) is 0 Å². The highest BCUT2D eigenvalue weighted by molar-refractivity contribution is 8.00. The second kappa shape index (κ2) is 10.5. The molecule has 34 heavy (non-hydrogen) atoms. The number of hydrogen-bond donors (Lipinski definition) is 1. The quantitative estimate of drug-likeness (QED) is 0.227. The Labute approximate surface area is 207 Å². The fourth-order valence-electron chi connectivity index (χ4n) is 4.16. The zero-order valence-electron chi connectivity index (χ0n) is 19.8. The van der Waals surface area contributed by atoms with Crippen LogP contribution in [0.3, 0.4) is 0 Å². The molecule has 0 aliphatic carbocycles. The van der Waals surface area contributed by atoms with Gasteiger partial charge in [0.15, 0.2) is 16.7 Å². The monoisotopic (exact) mass is 492 g/mol. The first-order valence-corrected chi connectivity index (χ1v) is 13.0. The summed E-state index contributed by atoms with van der Waals surface area (Å²) in [6.07, 6.45) is 1.56. The van der Waals surface area contributed by atoms with Gasteiger partial charge >= 0.3 is 0 Å². The summed E-state index contributed by atoms with van der Waals surface area (Å²) < 4.78 is 2.13. The first-order chi connectivity index (χ1) is 16.3. The fourth-order valence-corrected chi connectivity index (χ4v) is 5.81. The summed E-state index contributed by atoms with van der Waals surface area (Å²) in [4.78, 5) is 29.6. The van der Waals surface area contributed by atoms with Crippen LogP contribution < -0.4 is 0 Å². The number of carbonyl (C=O) groups is 2. The molecule has 0 saturated heterocycles. The minimum atomic E-state index is -0.383. The van der Waals surface area contributed by atoms with Crippen LogP contribution in [0.1, 0.15) is 62.2 Å². The van der Waals surface area contributed by atoms with Gasteiger partial charge in [0, 0.05) is 29.1 Å². The average molecular weight is 493 g/mol. The lowest BCUT2D eigenvalue weighted by Gasteiger charge is -2.13. The summed E-state index contributed by atoms with van der Waals surface area (Å²) in [5.41, 5.74) is 3.79. The number of nitrogens with one attached hydrogen (secondary N) is 1. The first-order valence-electron chi connectivity index (χ1n) is 11.2. The van der Waals surface area contributed by atoms with Gasteiger partial charge in [0.2, 0.25) is 0 Å². The number of benzene rings is 1. The van der Waals surface area contributed by atoms with E-state index in [1.807, 2.05) is 45.0 Å². The lowest BCUT2D eigenvalue weighted by Crippen LogP contribution is -2.17. The van der Waals surface area contributed by atoms with Gasteiger partial charge in [0.05, 0.1) is 10.9 Å². The highest BCUT2D eigenvalue weighted by Gasteiger charge is 2.26.